The first kappa shape index (κ1) is 19.7. The van der Waals surface area contributed by atoms with Gasteiger partial charge in [0.1, 0.15) is 17.2 Å². The topological polar surface area (TPSA) is 108 Å². The molecule has 9 heteroatoms. The molecule has 26 heavy (non-hydrogen) atoms. The average molecular weight is 380 g/mol. The lowest BCUT2D eigenvalue weighted by molar-refractivity contribution is -0.137. The van der Waals surface area contributed by atoms with Gasteiger partial charge in [-0.05, 0) is 12.5 Å². The predicted molar refractivity (Wildman–Crippen MR) is 93.1 cm³/mol. The van der Waals surface area contributed by atoms with Gasteiger partial charge in [-0.3, -0.25) is 9.59 Å². The van der Waals surface area contributed by atoms with Crippen LogP contribution in [0, 0.1) is 6.92 Å². The van der Waals surface area contributed by atoms with Crippen LogP contribution in [0.25, 0.3) is 0 Å². The standard InChI is InChI=1S/C17H20N2O6S/c1-12-15(26(23,24)18(2)3)9-14(25-12)17(22)19(11-16(20)21)10-13-7-5-4-6-8-13/h4-9H,10-11H2,1-3H3,(H,20,21). The third-order valence-corrected chi connectivity index (χ3v) is 5.59. The first-order valence-electron chi connectivity index (χ1n) is 7.71. The van der Waals surface area contributed by atoms with E-state index in [1.54, 1.807) is 30.3 Å². The number of nitrogens with zero attached hydrogens (tertiary/aromatic N) is 2. The molecule has 8 nitrogen and oxygen atoms in total. The zero-order valence-corrected chi connectivity index (χ0v) is 15.5. The molecule has 0 radical (unpaired) electrons. The van der Waals surface area contributed by atoms with Gasteiger partial charge in [-0.2, -0.15) is 0 Å². The van der Waals surface area contributed by atoms with E-state index < -0.39 is 28.4 Å². The van der Waals surface area contributed by atoms with Crippen molar-refractivity contribution in [1.82, 2.24) is 9.21 Å². The zero-order chi connectivity index (χ0) is 19.5. The van der Waals surface area contributed by atoms with Gasteiger partial charge in [0.25, 0.3) is 5.91 Å². The Bertz CT molecular complexity index is 903. The number of carbonyl (C=O) groups excluding carboxylic acids is 1. The number of carboxylic acids is 1. The third-order valence-electron chi connectivity index (χ3n) is 3.67. The Morgan fingerprint density at radius 2 is 1.77 bits per heavy atom. The van der Waals surface area contributed by atoms with Crippen LogP contribution >= 0.6 is 0 Å². The van der Waals surface area contributed by atoms with Crippen LogP contribution in [-0.2, 0) is 21.4 Å². The Balaban J connectivity index is 2.35. The summed E-state index contributed by atoms with van der Waals surface area (Å²) in [4.78, 5) is 24.8. The van der Waals surface area contributed by atoms with E-state index in [4.69, 9.17) is 9.52 Å². The van der Waals surface area contributed by atoms with E-state index in [2.05, 4.69) is 0 Å². The summed E-state index contributed by atoms with van der Waals surface area (Å²) in [6.07, 6.45) is 0. The molecule has 1 aromatic carbocycles. The van der Waals surface area contributed by atoms with Crippen molar-refractivity contribution in [2.24, 2.45) is 0 Å². The Morgan fingerprint density at radius 1 is 1.15 bits per heavy atom. The number of aryl methyl sites for hydroxylation is 1. The maximum Gasteiger partial charge on any atom is 0.323 e. The Hall–Kier alpha value is -2.65. The molecule has 1 N–H and O–H groups in total. The van der Waals surface area contributed by atoms with E-state index >= 15 is 0 Å². The van der Waals surface area contributed by atoms with Crippen molar-refractivity contribution in [3.05, 3.63) is 53.5 Å². The Kier molecular flexibility index (Phi) is 5.83. The number of hydrogen-bond donors (Lipinski definition) is 1. The number of carboxylic acid groups (broad SMARTS) is 1. The van der Waals surface area contributed by atoms with Gasteiger partial charge in [-0.25, -0.2) is 12.7 Å². The van der Waals surface area contributed by atoms with Crippen LogP contribution in [0.5, 0.6) is 0 Å². The number of benzene rings is 1. The van der Waals surface area contributed by atoms with Crippen molar-refractivity contribution >= 4 is 21.9 Å². The van der Waals surface area contributed by atoms with E-state index in [0.717, 1.165) is 20.8 Å². The van der Waals surface area contributed by atoms with Crippen LogP contribution < -0.4 is 0 Å². The number of hydrogen-bond acceptors (Lipinski definition) is 5. The van der Waals surface area contributed by atoms with Gasteiger partial charge >= 0.3 is 5.97 Å². The smallest absolute Gasteiger partial charge is 0.323 e. The van der Waals surface area contributed by atoms with Crippen LogP contribution in [0.2, 0.25) is 0 Å². The predicted octanol–water partition coefficient (Wildman–Crippen LogP) is 1.57. The number of rotatable bonds is 7. The van der Waals surface area contributed by atoms with E-state index in [9.17, 15) is 18.0 Å². The molecule has 0 aliphatic heterocycles. The van der Waals surface area contributed by atoms with Crippen molar-refractivity contribution in [3.63, 3.8) is 0 Å². The molecule has 0 fully saturated rings. The molecule has 1 amide bonds. The normalized spacial score (nSPS) is 11.5. The second-order valence-corrected chi connectivity index (χ2v) is 7.98. The summed E-state index contributed by atoms with van der Waals surface area (Å²) in [7, 11) is -1.03. The number of furan rings is 1. The molecule has 2 rings (SSSR count). The molecule has 0 aliphatic carbocycles. The van der Waals surface area contributed by atoms with Crippen molar-refractivity contribution < 1.29 is 27.5 Å². The quantitative estimate of drug-likeness (QED) is 0.781. The summed E-state index contributed by atoms with van der Waals surface area (Å²) < 4.78 is 30.9. The van der Waals surface area contributed by atoms with Gasteiger partial charge in [0, 0.05) is 26.7 Å². The SMILES string of the molecule is Cc1oc(C(=O)N(CC(=O)O)Cc2ccccc2)cc1S(=O)(=O)N(C)C. The lowest BCUT2D eigenvalue weighted by Gasteiger charge is -2.19. The number of carbonyl (C=O) groups is 2. The molecule has 1 aromatic heterocycles. The van der Waals surface area contributed by atoms with Gasteiger partial charge < -0.3 is 14.4 Å². The molecule has 0 aliphatic rings. The van der Waals surface area contributed by atoms with Crippen LogP contribution in [0.1, 0.15) is 21.9 Å². The molecule has 0 spiro atoms. The average Bonchev–Trinajstić information content (AvgIpc) is 2.96. The van der Waals surface area contributed by atoms with Gasteiger partial charge in [0.05, 0.1) is 0 Å². The fraction of sp³-hybridized carbons (Fsp3) is 0.294. The number of sulfonamides is 1. The fourth-order valence-electron chi connectivity index (χ4n) is 2.35. The molecule has 1 heterocycles. The van der Waals surface area contributed by atoms with Crippen molar-refractivity contribution in [2.45, 2.75) is 18.4 Å². The third kappa shape index (κ3) is 4.30. The lowest BCUT2D eigenvalue weighted by Crippen LogP contribution is -2.35. The summed E-state index contributed by atoms with van der Waals surface area (Å²) in [6.45, 7) is 0.955. The molecule has 0 saturated heterocycles. The fourth-order valence-corrected chi connectivity index (χ4v) is 3.40. The first-order valence-corrected chi connectivity index (χ1v) is 9.15. The van der Waals surface area contributed by atoms with E-state index in [1.165, 1.54) is 21.0 Å². The highest BCUT2D eigenvalue weighted by Crippen LogP contribution is 2.23. The van der Waals surface area contributed by atoms with Crippen LogP contribution in [-0.4, -0.2) is 55.2 Å². The second kappa shape index (κ2) is 7.71. The summed E-state index contributed by atoms with van der Waals surface area (Å²) >= 11 is 0. The van der Waals surface area contributed by atoms with Crippen molar-refractivity contribution in [1.29, 1.82) is 0 Å². The maximum absolute atomic E-state index is 12.7. The van der Waals surface area contributed by atoms with E-state index in [-0.39, 0.29) is 23.0 Å². The molecule has 0 atom stereocenters. The number of aliphatic carboxylic acids is 1. The minimum Gasteiger partial charge on any atom is -0.480 e. The van der Waals surface area contributed by atoms with Gasteiger partial charge in [-0.1, -0.05) is 30.3 Å². The van der Waals surface area contributed by atoms with Crippen LogP contribution in [0.15, 0.2) is 45.7 Å². The Morgan fingerprint density at radius 3 is 2.31 bits per heavy atom. The maximum atomic E-state index is 12.7. The van der Waals surface area contributed by atoms with Gasteiger partial charge in [-0.15, -0.1) is 0 Å². The van der Waals surface area contributed by atoms with Crippen LogP contribution in [0.3, 0.4) is 0 Å². The monoisotopic (exact) mass is 380 g/mol. The van der Waals surface area contributed by atoms with Crippen molar-refractivity contribution in [2.75, 3.05) is 20.6 Å². The molecule has 0 saturated carbocycles. The zero-order valence-electron chi connectivity index (χ0n) is 14.7. The van der Waals surface area contributed by atoms with E-state index in [1.807, 2.05) is 0 Å². The van der Waals surface area contributed by atoms with Crippen molar-refractivity contribution in [3.8, 4) is 0 Å². The second-order valence-electron chi connectivity index (χ2n) is 5.86. The molecule has 0 unspecified atom stereocenters. The number of amides is 1. The van der Waals surface area contributed by atoms with Gasteiger partial charge in [0.15, 0.2) is 5.76 Å². The van der Waals surface area contributed by atoms with Gasteiger partial charge in [0.2, 0.25) is 10.0 Å². The minimum absolute atomic E-state index is 0.0570. The Labute approximate surface area is 151 Å². The summed E-state index contributed by atoms with van der Waals surface area (Å²) in [6, 6.07) is 10.0. The summed E-state index contributed by atoms with van der Waals surface area (Å²) in [5.41, 5.74) is 0.742. The summed E-state index contributed by atoms with van der Waals surface area (Å²) in [5.74, 6) is -2.03. The highest BCUT2D eigenvalue weighted by atomic mass is 32.2. The molecule has 140 valence electrons. The van der Waals surface area contributed by atoms with Crippen LogP contribution in [0.4, 0.5) is 0 Å². The largest absolute Gasteiger partial charge is 0.480 e. The first-order chi connectivity index (χ1) is 12.1. The molecular weight excluding hydrogens is 360 g/mol. The molecule has 2 aromatic rings. The highest BCUT2D eigenvalue weighted by Gasteiger charge is 2.28. The molecular formula is C17H20N2O6S. The molecule has 0 bridgehead atoms. The summed E-state index contributed by atoms with van der Waals surface area (Å²) in [5, 5.41) is 9.09. The van der Waals surface area contributed by atoms with E-state index in [0.29, 0.717) is 0 Å². The lowest BCUT2D eigenvalue weighted by atomic mass is 10.2. The minimum atomic E-state index is -3.78. The highest BCUT2D eigenvalue weighted by molar-refractivity contribution is 7.89.